The predicted molar refractivity (Wildman–Crippen MR) is 81.4 cm³/mol. The first kappa shape index (κ1) is 13.2. The highest BCUT2D eigenvalue weighted by molar-refractivity contribution is 5.36. The molecule has 2 aliphatic rings. The number of hydrogen-bond acceptors (Lipinski definition) is 1. The second-order valence-corrected chi connectivity index (χ2v) is 7.58. The highest BCUT2D eigenvalue weighted by Crippen LogP contribution is 2.47. The molecule has 0 spiro atoms. The van der Waals surface area contributed by atoms with Crippen LogP contribution < -0.4 is 0 Å². The Hall–Kier alpha value is -0.820. The molecule has 0 radical (unpaired) electrons. The third-order valence-corrected chi connectivity index (χ3v) is 4.74. The molecule has 1 heteroatoms. The van der Waals surface area contributed by atoms with Gasteiger partial charge in [0, 0.05) is 18.1 Å². The largest absolute Gasteiger partial charge is 0.291 e. The molecule has 0 unspecified atom stereocenters. The SMILES string of the molecule is C[C@@H]1C[C@@H](c2ccccc2C2CC2)N(C(C)(C)C)C1. The van der Waals surface area contributed by atoms with Crippen LogP contribution in [0.15, 0.2) is 24.3 Å². The van der Waals surface area contributed by atoms with E-state index in [-0.39, 0.29) is 5.54 Å². The summed E-state index contributed by atoms with van der Waals surface area (Å²) in [6.45, 7) is 10.7. The Morgan fingerprint density at radius 2 is 1.68 bits per heavy atom. The van der Waals surface area contributed by atoms with Gasteiger partial charge in [-0.2, -0.15) is 0 Å². The molecule has 1 aliphatic carbocycles. The van der Waals surface area contributed by atoms with Crippen LogP contribution in [0.4, 0.5) is 0 Å². The van der Waals surface area contributed by atoms with Crippen molar-refractivity contribution in [3.05, 3.63) is 35.4 Å². The third kappa shape index (κ3) is 2.58. The molecule has 1 nitrogen and oxygen atoms in total. The van der Waals surface area contributed by atoms with Crippen molar-refractivity contribution in [3.8, 4) is 0 Å². The zero-order chi connectivity index (χ0) is 13.6. The van der Waals surface area contributed by atoms with Crippen LogP contribution in [0.5, 0.6) is 0 Å². The summed E-state index contributed by atoms with van der Waals surface area (Å²) in [5.41, 5.74) is 3.52. The second-order valence-electron chi connectivity index (χ2n) is 7.58. The lowest BCUT2D eigenvalue weighted by atomic mass is 9.92. The Balaban J connectivity index is 1.96. The van der Waals surface area contributed by atoms with Gasteiger partial charge < -0.3 is 0 Å². The number of nitrogens with zero attached hydrogens (tertiary/aromatic N) is 1. The lowest BCUT2D eigenvalue weighted by molar-refractivity contribution is 0.119. The van der Waals surface area contributed by atoms with Crippen LogP contribution in [0.3, 0.4) is 0 Å². The van der Waals surface area contributed by atoms with Gasteiger partial charge in [-0.15, -0.1) is 0 Å². The summed E-state index contributed by atoms with van der Waals surface area (Å²) in [5, 5.41) is 0. The van der Waals surface area contributed by atoms with Crippen molar-refractivity contribution in [2.45, 2.75) is 64.5 Å². The zero-order valence-corrected chi connectivity index (χ0v) is 12.8. The summed E-state index contributed by atoms with van der Waals surface area (Å²) in [5.74, 6) is 1.67. The summed E-state index contributed by atoms with van der Waals surface area (Å²) in [4.78, 5) is 2.72. The van der Waals surface area contributed by atoms with E-state index < -0.39 is 0 Å². The van der Waals surface area contributed by atoms with Crippen molar-refractivity contribution >= 4 is 0 Å². The first-order valence-electron chi connectivity index (χ1n) is 7.82. The molecule has 3 rings (SSSR count). The number of hydrogen-bond donors (Lipinski definition) is 0. The van der Waals surface area contributed by atoms with Gasteiger partial charge in [0.05, 0.1) is 0 Å². The Bertz CT molecular complexity index is 453. The molecule has 19 heavy (non-hydrogen) atoms. The molecule has 1 aliphatic heterocycles. The molecule has 2 fully saturated rings. The molecule has 0 amide bonds. The van der Waals surface area contributed by atoms with Gasteiger partial charge in [0.2, 0.25) is 0 Å². The van der Waals surface area contributed by atoms with Gasteiger partial charge in [-0.3, -0.25) is 4.90 Å². The van der Waals surface area contributed by atoms with Crippen molar-refractivity contribution in [3.63, 3.8) is 0 Å². The highest BCUT2D eigenvalue weighted by Gasteiger charge is 2.39. The maximum absolute atomic E-state index is 2.72. The Morgan fingerprint density at radius 1 is 1.05 bits per heavy atom. The van der Waals surface area contributed by atoms with Gasteiger partial charge in [-0.05, 0) is 63.0 Å². The normalized spacial score (nSPS) is 28.8. The zero-order valence-electron chi connectivity index (χ0n) is 12.8. The van der Waals surface area contributed by atoms with Gasteiger partial charge in [0.15, 0.2) is 0 Å². The van der Waals surface area contributed by atoms with E-state index in [1.807, 2.05) is 0 Å². The number of rotatable bonds is 2. The van der Waals surface area contributed by atoms with Crippen LogP contribution in [0.1, 0.15) is 70.0 Å². The van der Waals surface area contributed by atoms with Gasteiger partial charge >= 0.3 is 0 Å². The maximum Gasteiger partial charge on any atom is 0.0359 e. The second kappa shape index (κ2) is 4.63. The van der Waals surface area contributed by atoms with E-state index in [1.54, 1.807) is 11.1 Å². The molecule has 104 valence electrons. The van der Waals surface area contributed by atoms with Crippen LogP contribution in [-0.2, 0) is 0 Å². The predicted octanol–water partition coefficient (Wildman–Crippen LogP) is 4.75. The maximum atomic E-state index is 2.72. The molecule has 0 aromatic heterocycles. The fourth-order valence-electron chi connectivity index (χ4n) is 3.66. The Kier molecular flexibility index (Phi) is 3.21. The summed E-state index contributed by atoms with van der Waals surface area (Å²) >= 11 is 0. The van der Waals surface area contributed by atoms with E-state index in [9.17, 15) is 0 Å². The standard InChI is InChI=1S/C18H27N/c1-13-11-17(19(12-13)18(2,3)4)16-8-6-5-7-15(16)14-9-10-14/h5-8,13-14,17H,9-12H2,1-4H3/t13-,17+/m1/s1. The molecule has 1 aromatic rings. The Morgan fingerprint density at radius 3 is 2.26 bits per heavy atom. The van der Waals surface area contributed by atoms with Crippen LogP contribution in [0, 0.1) is 5.92 Å². The average Bonchev–Trinajstić information content (AvgIpc) is 3.11. The topological polar surface area (TPSA) is 3.24 Å². The minimum Gasteiger partial charge on any atom is -0.291 e. The molecule has 1 saturated heterocycles. The van der Waals surface area contributed by atoms with Crippen LogP contribution in [-0.4, -0.2) is 17.0 Å². The molecule has 1 saturated carbocycles. The van der Waals surface area contributed by atoms with Crippen molar-refractivity contribution in [2.24, 2.45) is 5.92 Å². The van der Waals surface area contributed by atoms with Gasteiger partial charge in [0.25, 0.3) is 0 Å². The van der Waals surface area contributed by atoms with Crippen LogP contribution in [0.25, 0.3) is 0 Å². The first-order chi connectivity index (χ1) is 8.97. The summed E-state index contributed by atoms with van der Waals surface area (Å²) in [6.07, 6.45) is 4.12. The smallest absolute Gasteiger partial charge is 0.0359 e. The lowest BCUT2D eigenvalue weighted by Gasteiger charge is -2.38. The summed E-state index contributed by atoms with van der Waals surface area (Å²) in [6, 6.07) is 9.83. The van der Waals surface area contributed by atoms with Gasteiger partial charge in [-0.25, -0.2) is 0 Å². The molecule has 1 aromatic carbocycles. The summed E-state index contributed by atoms with van der Waals surface area (Å²) in [7, 11) is 0. The molecule has 2 atom stereocenters. The molecule has 0 bridgehead atoms. The monoisotopic (exact) mass is 257 g/mol. The average molecular weight is 257 g/mol. The molecule has 0 N–H and O–H groups in total. The van der Waals surface area contributed by atoms with E-state index in [1.165, 1.54) is 25.8 Å². The van der Waals surface area contributed by atoms with Crippen molar-refractivity contribution in [1.82, 2.24) is 4.90 Å². The van der Waals surface area contributed by atoms with E-state index >= 15 is 0 Å². The first-order valence-corrected chi connectivity index (χ1v) is 7.82. The molecule has 1 heterocycles. The minimum absolute atomic E-state index is 0.270. The number of benzene rings is 1. The van der Waals surface area contributed by atoms with Gasteiger partial charge in [-0.1, -0.05) is 31.2 Å². The van der Waals surface area contributed by atoms with E-state index in [0.717, 1.165) is 11.8 Å². The minimum atomic E-state index is 0.270. The van der Waals surface area contributed by atoms with Gasteiger partial charge in [0.1, 0.15) is 0 Å². The highest BCUT2D eigenvalue weighted by atomic mass is 15.2. The van der Waals surface area contributed by atoms with Crippen molar-refractivity contribution in [1.29, 1.82) is 0 Å². The van der Waals surface area contributed by atoms with Crippen molar-refractivity contribution < 1.29 is 0 Å². The fraction of sp³-hybridized carbons (Fsp3) is 0.667. The quantitative estimate of drug-likeness (QED) is 0.739. The van der Waals surface area contributed by atoms with E-state index in [2.05, 4.69) is 56.9 Å². The van der Waals surface area contributed by atoms with Crippen molar-refractivity contribution in [2.75, 3.05) is 6.54 Å². The van der Waals surface area contributed by atoms with E-state index in [4.69, 9.17) is 0 Å². The van der Waals surface area contributed by atoms with E-state index in [0.29, 0.717) is 6.04 Å². The fourth-order valence-corrected chi connectivity index (χ4v) is 3.66. The summed E-state index contributed by atoms with van der Waals surface area (Å²) < 4.78 is 0. The Labute approximate surface area is 118 Å². The molecular formula is C18H27N. The number of likely N-dealkylation sites (tertiary alicyclic amines) is 1. The lowest BCUT2D eigenvalue weighted by Crippen LogP contribution is -2.41. The van der Waals surface area contributed by atoms with Crippen LogP contribution in [0.2, 0.25) is 0 Å². The third-order valence-electron chi connectivity index (χ3n) is 4.74. The molecular weight excluding hydrogens is 230 g/mol. The van der Waals surface area contributed by atoms with Crippen LogP contribution >= 0.6 is 0 Å².